The van der Waals surface area contributed by atoms with Gasteiger partial charge in [0.1, 0.15) is 11.7 Å². The summed E-state index contributed by atoms with van der Waals surface area (Å²) in [7, 11) is 0. The van der Waals surface area contributed by atoms with Crippen LogP contribution in [-0.2, 0) is 25.6 Å². The molecule has 0 bridgehead atoms. The molecule has 7 nitrogen and oxygen atoms in total. The van der Waals surface area contributed by atoms with Crippen LogP contribution in [0.5, 0.6) is 0 Å². The summed E-state index contributed by atoms with van der Waals surface area (Å²) in [5.41, 5.74) is 7.57. The number of hydrogen-bond donors (Lipinski definition) is 2. The third kappa shape index (κ3) is 10.4. The zero-order chi connectivity index (χ0) is 26.7. The molecule has 0 aromatic heterocycles. The third-order valence-corrected chi connectivity index (χ3v) is 5.77. The Morgan fingerprint density at radius 1 is 1.08 bits per heavy atom. The van der Waals surface area contributed by atoms with Crippen molar-refractivity contribution < 1.29 is 23.8 Å². The smallest absolute Gasteiger partial charge is 0.408 e. The summed E-state index contributed by atoms with van der Waals surface area (Å²) < 4.78 is 16.5. The van der Waals surface area contributed by atoms with Gasteiger partial charge in [-0.05, 0) is 51.2 Å². The molecule has 0 aliphatic carbocycles. The van der Waals surface area contributed by atoms with Crippen LogP contribution in [0.25, 0.3) is 0 Å². The molecule has 1 fully saturated rings. The first kappa shape index (κ1) is 29.3. The van der Waals surface area contributed by atoms with Crippen LogP contribution in [0.15, 0.2) is 60.7 Å². The van der Waals surface area contributed by atoms with Crippen molar-refractivity contribution >= 4 is 12.1 Å². The maximum atomic E-state index is 12.0. The number of esters is 1. The van der Waals surface area contributed by atoms with Gasteiger partial charge in [-0.2, -0.15) is 0 Å². The second-order valence-electron chi connectivity index (χ2n) is 10.5. The van der Waals surface area contributed by atoms with Gasteiger partial charge in [0.25, 0.3) is 0 Å². The Morgan fingerprint density at radius 2 is 1.69 bits per heavy atom. The van der Waals surface area contributed by atoms with Crippen molar-refractivity contribution in [1.29, 1.82) is 0 Å². The number of nitrogens with two attached hydrogens (primary N) is 1. The highest BCUT2D eigenvalue weighted by Crippen LogP contribution is 2.29. The number of carbonyl (C=O) groups excluding carboxylic acids is 2. The normalized spacial score (nSPS) is 19.1. The van der Waals surface area contributed by atoms with Crippen molar-refractivity contribution in [3.8, 4) is 0 Å². The summed E-state index contributed by atoms with van der Waals surface area (Å²) in [6.45, 7) is 12.1. The monoisotopic (exact) mass is 498 g/mol. The standard InChI is InChI=1S/C23H36N2O5.C6H6/c1-14(2)18-11-20(29-21(18)26)19(24)13-28-12-16-8-7-9-17(10-16)15(3)25-22(27)30-23(4,5)6;1-2-4-6-5-3-1/h7-10,14-15,18-20H,11-13,24H2,1-6H3,(H,25,27);1-6H/t15?,18-,19?,20?;/m0./s1. The van der Waals surface area contributed by atoms with Gasteiger partial charge >= 0.3 is 12.1 Å². The number of hydrogen-bond acceptors (Lipinski definition) is 6. The first-order chi connectivity index (χ1) is 17.0. The number of alkyl carbamates (subject to hydrolysis) is 1. The lowest BCUT2D eigenvalue weighted by molar-refractivity contribution is -0.146. The maximum Gasteiger partial charge on any atom is 0.408 e. The molecular formula is C29H42N2O5. The lowest BCUT2D eigenvalue weighted by Gasteiger charge is -2.22. The van der Waals surface area contributed by atoms with Gasteiger partial charge in [0.15, 0.2) is 0 Å². The fourth-order valence-corrected chi connectivity index (χ4v) is 3.76. The van der Waals surface area contributed by atoms with Gasteiger partial charge in [-0.25, -0.2) is 4.79 Å². The van der Waals surface area contributed by atoms with Crippen LogP contribution in [-0.4, -0.2) is 36.4 Å². The molecule has 1 saturated heterocycles. The fourth-order valence-electron chi connectivity index (χ4n) is 3.76. The predicted octanol–water partition coefficient (Wildman–Crippen LogP) is 5.39. The number of nitrogens with one attached hydrogen (secondary N) is 1. The van der Waals surface area contributed by atoms with Gasteiger partial charge in [0.05, 0.1) is 31.2 Å². The SMILES string of the molecule is CC(NC(=O)OC(C)(C)C)c1cccc(COCC(N)C2C[C@@H](C(C)C)C(=O)O2)c1.c1ccccc1. The minimum atomic E-state index is -0.541. The van der Waals surface area contributed by atoms with Crippen molar-refractivity contribution in [3.63, 3.8) is 0 Å². The van der Waals surface area contributed by atoms with Crippen LogP contribution in [0.4, 0.5) is 4.79 Å². The molecule has 1 amide bonds. The van der Waals surface area contributed by atoms with Gasteiger partial charge in [-0.3, -0.25) is 4.79 Å². The quantitative estimate of drug-likeness (QED) is 0.473. The Bertz CT molecular complexity index is 915. The summed E-state index contributed by atoms with van der Waals surface area (Å²) in [5, 5.41) is 2.84. The second kappa shape index (κ2) is 14.0. The van der Waals surface area contributed by atoms with E-state index >= 15 is 0 Å². The Kier molecular flexibility index (Phi) is 11.4. The molecule has 3 unspecified atom stereocenters. The number of benzene rings is 2. The molecular weight excluding hydrogens is 456 g/mol. The molecule has 0 saturated carbocycles. The molecule has 198 valence electrons. The number of ether oxygens (including phenoxy) is 3. The Morgan fingerprint density at radius 3 is 2.22 bits per heavy atom. The van der Waals surface area contributed by atoms with Crippen LogP contribution in [0, 0.1) is 11.8 Å². The third-order valence-electron chi connectivity index (χ3n) is 5.77. The molecule has 1 heterocycles. The lowest BCUT2D eigenvalue weighted by atomic mass is 9.91. The minimum absolute atomic E-state index is 0.0864. The average Bonchev–Trinajstić information content (AvgIpc) is 3.21. The Balaban J connectivity index is 0.000000662. The Hall–Kier alpha value is -2.90. The summed E-state index contributed by atoms with van der Waals surface area (Å²) >= 11 is 0. The van der Waals surface area contributed by atoms with E-state index in [0.717, 1.165) is 11.1 Å². The zero-order valence-electron chi connectivity index (χ0n) is 22.4. The molecule has 1 aliphatic heterocycles. The van der Waals surface area contributed by atoms with Gasteiger partial charge in [0, 0.05) is 0 Å². The van der Waals surface area contributed by atoms with Crippen molar-refractivity contribution in [2.24, 2.45) is 17.6 Å². The van der Waals surface area contributed by atoms with Crippen LogP contribution >= 0.6 is 0 Å². The van der Waals surface area contributed by atoms with E-state index in [1.807, 2.05) is 102 Å². The molecule has 0 radical (unpaired) electrons. The van der Waals surface area contributed by atoms with Gasteiger partial charge in [-0.1, -0.05) is 74.5 Å². The van der Waals surface area contributed by atoms with Crippen molar-refractivity contribution in [2.75, 3.05) is 6.61 Å². The van der Waals surface area contributed by atoms with E-state index in [0.29, 0.717) is 19.6 Å². The fraction of sp³-hybridized carbons (Fsp3) is 0.517. The number of rotatable bonds is 8. The Labute approximate surface area is 215 Å². The maximum absolute atomic E-state index is 12.0. The van der Waals surface area contributed by atoms with E-state index in [9.17, 15) is 9.59 Å². The molecule has 2 aromatic rings. The highest BCUT2D eigenvalue weighted by Gasteiger charge is 2.39. The molecule has 36 heavy (non-hydrogen) atoms. The molecule has 7 heteroatoms. The molecule has 1 aliphatic rings. The number of carbonyl (C=O) groups is 2. The topological polar surface area (TPSA) is 99.9 Å². The molecule has 3 N–H and O–H groups in total. The summed E-state index contributed by atoms with van der Waals surface area (Å²) in [5.74, 6) is -0.00374. The second-order valence-corrected chi connectivity index (χ2v) is 10.5. The van der Waals surface area contributed by atoms with Crippen LogP contribution in [0.2, 0.25) is 0 Å². The van der Waals surface area contributed by atoms with E-state index in [1.54, 1.807) is 0 Å². The molecule has 2 aromatic carbocycles. The first-order valence-corrected chi connectivity index (χ1v) is 12.6. The number of amides is 1. The van der Waals surface area contributed by atoms with Crippen LogP contribution in [0.3, 0.4) is 0 Å². The highest BCUT2D eigenvalue weighted by molar-refractivity contribution is 5.75. The van der Waals surface area contributed by atoms with Gasteiger partial charge < -0.3 is 25.3 Å². The molecule has 4 atom stereocenters. The van der Waals surface area contributed by atoms with Gasteiger partial charge in [-0.15, -0.1) is 0 Å². The largest absolute Gasteiger partial charge is 0.460 e. The van der Waals surface area contributed by atoms with E-state index in [4.69, 9.17) is 19.9 Å². The van der Waals surface area contributed by atoms with Crippen LogP contribution in [0.1, 0.15) is 65.1 Å². The van der Waals surface area contributed by atoms with Crippen LogP contribution < -0.4 is 11.1 Å². The molecule has 0 spiro atoms. The van der Waals surface area contributed by atoms with Crippen molar-refractivity contribution in [2.45, 2.75) is 78.4 Å². The van der Waals surface area contributed by atoms with E-state index in [1.165, 1.54) is 0 Å². The van der Waals surface area contributed by atoms with Crippen molar-refractivity contribution in [3.05, 3.63) is 71.8 Å². The summed E-state index contributed by atoms with van der Waals surface area (Å²) in [6.07, 6.45) is -0.104. The highest BCUT2D eigenvalue weighted by atomic mass is 16.6. The molecule has 3 rings (SSSR count). The van der Waals surface area contributed by atoms with E-state index in [2.05, 4.69) is 5.32 Å². The van der Waals surface area contributed by atoms with E-state index in [-0.39, 0.29) is 36.0 Å². The minimum Gasteiger partial charge on any atom is -0.460 e. The van der Waals surface area contributed by atoms with E-state index < -0.39 is 11.7 Å². The van der Waals surface area contributed by atoms with Crippen molar-refractivity contribution in [1.82, 2.24) is 5.32 Å². The first-order valence-electron chi connectivity index (χ1n) is 12.6. The predicted molar refractivity (Wildman–Crippen MR) is 141 cm³/mol. The summed E-state index contributed by atoms with van der Waals surface area (Å²) in [4.78, 5) is 23.9. The van der Waals surface area contributed by atoms with Gasteiger partial charge in [0.2, 0.25) is 0 Å². The summed E-state index contributed by atoms with van der Waals surface area (Å²) in [6, 6.07) is 19.3. The number of cyclic esters (lactones) is 1. The average molecular weight is 499 g/mol. The lowest BCUT2D eigenvalue weighted by Crippen LogP contribution is -2.38. The zero-order valence-corrected chi connectivity index (χ0v) is 22.4.